The van der Waals surface area contributed by atoms with Crippen LogP contribution in [0, 0.1) is 0 Å². The molecule has 94 valence electrons. The van der Waals surface area contributed by atoms with Crippen LogP contribution in [0.25, 0.3) is 0 Å². The maximum atomic E-state index is 5.73. The monoisotopic (exact) mass is 255 g/mol. The molecule has 0 aromatic heterocycles. The number of hydrogen-bond acceptors (Lipinski definition) is 1. The number of hydrogen-bond donors (Lipinski definition) is 1. The normalized spacial score (nSPS) is 11.4. The molecule has 2 aromatic rings. The van der Waals surface area contributed by atoms with Crippen LogP contribution in [-0.2, 0) is 0 Å². The Labute approximate surface area is 112 Å². The van der Waals surface area contributed by atoms with E-state index in [0.717, 1.165) is 0 Å². The number of benzene rings is 2. The second-order valence-corrected chi connectivity index (χ2v) is 5.94. The van der Waals surface area contributed by atoms with E-state index in [1.54, 1.807) is 0 Å². The zero-order valence-electron chi connectivity index (χ0n) is 10.8. The van der Waals surface area contributed by atoms with Gasteiger partial charge in [0.25, 0.3) is 0 Å². The molecule has 2 aromatic carbocycles. The Morgan fingerprint density at radius 3 is 1.78 bits per heavy atom. The Morgan fingerprint density at radius 2 is 1.33 bits per heavy atom. The average Bonchev–Trinajstić information content (AvgIpc) is 2.46. The summed E-state index contributed by atoms with van der Waals surface area (Å²) < 4.78 is 0. The first-order valence-corrected chi connectivity index (χ1v) is 8.53. The zero-order chi connectivity index (χ0) is 12.6. The summed E-state index contributed by atoms with van der Waals surface area (Å²) in [6.45, 7) is 0. The van der Waals surface area contributed by atoms with Crippen molar-refractivity contribution in [1.29, 1.82) is 0 Å². The van der Waals surface area contributed by atoms with Gasteiger partial charge in [-0.15, -0.1) is 0 Å². The van der Waals surface area contributed by atoms with E-state index in [1.807, 2.05) is 0 Å². The van der Waals surface area contributed by atoms with Gasteiger partial charge in [-0.25, -0.2) is 0 Å². The topological polar surface area (TPSA) is 26.0 Å². The predicted molar refractivity (Wildman–Crippen MR) is 81.5 cm³/mol. The summed E-state index contributed by atoms with van der Waals surface area (Å²) in [6, 6.07) is 22.9. The fourth-order valence-corrected chi connectivity index (χ4v) is 2.97. The molecular weight excluding hydrogens is 234 g/mol. The van der Waals surface area contributed by atoms with Crippen LogP contribution < -0.4 is 5.40 Å². The molecule has 0 spiro atoms. The van der Waals surface area contributed by atoms with Crippen molar-refractivity contribution in [2.75, 3.05) is 0 Å². The lowest BCUT2D eigenvalue weighted by Gasteiger charge is -2.17. The van der Waals surface area contributed by atoms with E-state index in [2.05, 4.69) is 60.7 Å². The molecule has 0 unspecified atom stereocenters. The minimum absolute atomic E-state index is 0.289. The van der Waals surface area contributed by atoms with E-state index in [1.165, 1.54) is 30.0 Å². The molecule has 0 aliphatic heterocycles. The first kappa shape index (κ1) is 13.1. The molecule has 0 bridgehead atoms. The second kappa shape index (κ2) is 7.14. The van der Waals surface area contributed by atoms with Gasteiger partial charge in [0.1, 0.15) is 0 Å². The Hall–Kier alpha value is -1.38. The molecule has 0 heterocycles. The van der Waals surface area contributed by atoms with Gasteiger partial charge in [0, 0.05) is 5.92 Å². The highest BCUT2D eigenvalue weighted by atomic mass is 28.2. The van der Waals surface area contributed by atoms with Crippen molar-refractivity contribution in [2.24, 2.45) is 5.40 Å². The van der Waals surface area contributed by atoms with Crippen molar-refractivity contribution in [1.82, 2.24) is 0 Å². The van der Waals surface area contributed by atoms with Crippen molar-refractivity contribution in [3.8, 4) is 0 Å². The quantitative estimate of drug-likeness (QED) is 0.623. The molecule has 0 radical (unpaired) electrons. The second-order valence-electron chi connectivity index (χ2n) is 4.66. The molecule has 0 saturated carbocycles. The van der Waals surface area contributed by atoms with E-state index in [4.69, 9.17) is 5.40 Å². The van der Waals surface area contributed by atoms with Crippen molar-refractivity contribution < 1.29 is 0 Å². The van der Waals surface area contributed by atoms with Gasteiger partial charge in [-0.3, -0.25) is 0 Å². The third-order valence-electron chi connectivity index (χ3n) is 3.35. The Morgan fingerprint density at radius 1 is 0.833 bits per heavy atom. The van der Waals surface area contributed by atoms with Crippen LogP contribution >= 0.6 is 0 Å². The van der Waals surface area contributed by atoms with E-state index in [0.29, 0.717) is 5.92 Å². The van der Waals surface area contributed by atoms with Gasteiger partial charge in [-0.2, -0.15) is 0 Å². The van der Waals surface area contributed by atoms with Crippen molar-refractivity contribution in [3.63, 3.8) is 0 Å². The van der Waals surface area contributed by atoms with Crippen LogP contribution in [0.3, 0.4) is 0 Å². The van der Waals surface area contributed by atoms with E-state index in [9.17, 15) is 0 Å². The Kier molecular flexibility index (Phi) is 5.18. The van der Waals surface area contributed by atoms with Crippen LogP contribution in [0.4, 0.5) is 0 Å². The van der Waals surface area contributed by atoms with Crippen LogP contribution in [0.1, 0.15) is 29.9 Å². The maximum absolute atomic E-state index is 5.73. The molecular formula is C16H21NSi. The highest BCUT2D eigenvalue weighted by Crippen LogP contribution is 2.29. The van der Waals surface area contributed by atoms with Gasteiger partial charge < -0.3 is 5.40 Å². The summed E-state index contributed by atoms with van der Waals surface area (Å²) in [5.74, 6) is 0.521. The largest absolute Gasteiger partial charge is 0.356 e. The first-order chi connectivity index (χ1) is 8.92. The third kappa shape index (κ3) is 3.55. The van der Waals surface area contributed by atoms with Gasteiger partial charge in [-0.05, 0) is 17.5 Å². The van der Waals surface area contributed by atoms with Crippen molar-refractivity contribution in [2.45, 2.75) is 24.8 Å². The molecule has 18 heavy (non-hydrogen) atoms. The smallest absolute Gasteiger partial charge is 0.0887 e. The van der Waals surface area contributed by atoms with Crippen LogP contribution in [0.2, 0.25) is 6.04 Å². The summed E-state index contributed by atoms with van der Waals surface area (Å²) in [4.78, 5) is 0. The highest BCUT2D eigenvalue weighted by molar-refractivity contribution is 6.30. The Bertz CT molecular complexity index is 402. The fourth-order valence-electron chi connectivity index (χ4n) is 2.39. The molecule has 0 amide bonds. The van der Waals surface area contributed by atoms with Gasteiger partial charge >= 0.3 is 0 Å². The standard InChI is InChI=1S/C16H21NSi/c17-18-13-7-12-16(14-8-3-1-4-9-14)15-10-5-2-6-11-15/h1-6,8-11,16H,7,12-13,17-18H2. The molecule has 0 aliphatic carbocycles. The molecule has 2 N–H and O–H groups in total. The summed E-state index contributed by atoms with van der Waals surface area (Å²) >= 11 is 0. The molecule has 0 fully saturated rings. The predicted octanol–water partition coefficient (Wildman–Crippen LogP) is 3.06. The molecule has 0 aliphatic rings. The first-order valence-electron chi connectivity index (χ1n) is 6.72. The summed E-state index contributed by atoms with van der Waals surface area (Å²) in [5.41, 5.74) is 2.84. The Balaban J connectivity index is 2.18. The lowest BCUT2D eigenvalue weighted by Crippen LogP contribution is -2.06. The highest BCUT2D eigenvalue weighted by Gasteiger charge is 2.12. The molecule has 2 rings (SSSR count). The number of rotatable bonds is 6. The summed E-state index contributed by atoms with van der Waals surface area (Å²) in [6.07, 6.45) is 2.45. The zero-order valence-corrected chi connectivity index (χ0v) is 12.2. The van der Waals surface area contributed by atoms with E-state index < -0.39 is 0 Å². The lowest BCUT2D eigenvalue weighted by molar-refractivity contribution is 0.696. The number of nitrogens with two attached hydrogens (primary N) is 1. The van der Waals surface area contributed by atoms with E-state index >= 15 is 0 Å². The average molecular weight is 255 g/mol. The van der Waals surface area contributed by atoms with Gasteiger partial charge in [0.15, 0.2) is 0 Å². The van der Waals surface area contributed by atoms with Gasteiger partial charge in [0.05, 0.1) is 9.68 Å². The van der Waals surface area contributed by atoms with Crippen LogP contribution in [0.5, 0.6) is 0 Å². The summed E-state index contributed by atoms with van der Waals surface area (Å²) in [7, 11) is -0.289. The molecule has 2 heteroatoms. The SMILES string of the molecule is N[SiH2]CCCC(c1ccccc1)c1ccccc1. The van der Waals surface area contributed by atoms with Crippen LogP contribution in [0.15, 0.2) is 60.7 Å². The lowest BCUT2D eigenvalue weighted by atomic mass is 9.88. The van der Waals surface area contributed by atoms with Crippen LogP contribution in [-0.4, -0.2) is 9.68 Å². The van der Waals surface area contributed by atoms with E-state index in [-0.39, 0.29) is 9.68 Å². The molecule has 0 atom stereocenters. The van der Waals surface area contributed by atoms with Gasteiger partial charge in [-0.1, -0.05) is 73.1 Å². The summed E-state index contributed by atoms with van der Waals surface area (Å²) in [5, 5.41) is 5.73. The molecule has 1 nitrogen and oxygen atoms in total. The third-order valence-corrected chi connectivity index (χ3v) is 4.26. The molecule has 0 saturated heterocycles. The maximum Gasteiger partial charge on any atom is 0.0887 e. The van der Waals surface area contributed by atoms with Gasteiger partial charge in [0.2, 0.25) is 0 Å². The minimum atomic E-state index is -0.289. The van der Waals surface area contributed by atoms with Crippen molar-refractivity contribution >= 4 is 9.68 Å². The minimum Gasteiger partial charge on any atom is -0.356 e. The fraction of sp³-hybridized carbons (Fsp3) is 0.250. The van der Waals surface area contributed by atoms with Crippen molar-refractivity contribution in [3.05, 3.63) is 71.8 Å².